The minimum Gasteiger partial charge on any atom is -0.373 e. The molecule has 0 heterocycles. The number of nitrogens with zero attached hydrogens (tertiary/aromatic N) is 1. The highest BCUT2D eigenvalue weighted by Gasteiger charge is 2.26. The van der Waals surface area contributed by atoms with Crippen molar-refractivity contribution in [1.29, 1.82) is 5.26 Å². The highest BCUT2D eigenvalue weighted by Crippen LogP contribution is 2.23. The fourth-order valence-corrected chi connectivity index (χ4v) is 1.88. The second-order valence-electron chi connectivity index (χ2n) is 4.42. The van der Waals surface area contributed by atoms with Crippen molar-refractivity contribution in [1.82, 2.24) is 0 Å². The average molecular weight is 216 g/mol. The Kier molecular flexibility index (Phi) is 3.23. The van der Waals surface area contributed by atoms with Gasteiger partial charge in [0.05, 0.1) is 24.3 Å². The maximum absolute atomic E-state index is 8.75. The number of hydrogen-bond acceptors (Lipinski definition) is 3. The molecule has 1 aliphatic carbocycles. The fraction of sp³-hybridized carbons (Fsp3) is 0.462. The molecule has 0 bridgehead atoms. The van der Waals surface area contributed by atoms with Gasteiger partial charge in [-0.3, -0.25) is 0 Å². The number of rotatable bonds is 3. The van der Waals surface area contributed by atoms with Crippen LogP contribution in [0.1, 0.15) is 29.5 Å². The van der Waals surface area contributed by atoms with Crippen molar-refractivity contribution in [2.24, 2.45) is 5.73 Å². The Labute approximate surface area is 95.8 Å². The normalized spacial score (nSPS) is 23.6. The lowest BCUT2D eigenvalue weighted by Gasteiger charge is -2.32. The van der Waals surface area contributed by atoms with E-state index in [0.717, 1.165) is 24.0 Å². The third kappa shape index (κ3) is 2.41. The molecule has 0 aromatic heterocycles. The second kappa shape index (κ2) is 4.65. The number of benzene rings is 1. The van der Waals surface area contributed by atoms with Crippen LogP contribution in [0.15, 0.2) is 18.2 Å². The van der Waals surface area contributed by atoms with Crippen LogP contribution in [0.2, 0.25) is 0 Å². The van der Waals surface area contributed by atoms with Crippen molar-refractivity contribution in [3.63, 3.8) is 0 Å². The number of nitriles is 1. The van der Waals surface area contributed by atoms with Gasteiger partial charge in [0.15, 0.2) is 0 Å². The molecule has 16 heavy (non-hydrogen) atoms. The van der Waals surface area contributed by atoms with Crippen molar-refractivity contribution in [2.45, 2.75) is 38.5 Å². The molecule has 0 atom stereocenters. The van der Waals surface area contributed by atoms with Crippen LogP contribution in [0.25, 0.3) is 0 Å². The van der Waals surface area contributed by atoms with Gasteiger partial charge in [0.25, 0.3) is 0 Å². The summed E-state index contributed by atoms with van der Waals surface area (Å²) in [7, 11) is 0. The van der Waals surface area contributed by atoms with Gasteiger partial charge in [0.2, 0.25) is 0 Å². The molecule has 0 amide bonds. The first kappa shape index (κ1) is 11.1. The highest BCUT2D eigenvalue weighted by atomic mass is 16.5. The summed E-state index contributed by atoms with van der Waals surface area (Å²) in [6.45, 7) is 2.63. The van der Waals surface area contributed by atoms with Gasteiger partial charge < -0.3 is 10.5 Å². The topological polar surface area (TPSA) is 59.0 Å². The van der Waals surface area contributed by atoms with Gasteiger partial charge in [-0.25, -0.2) is 0 Å². The summed E-state index contributed by atoms with van der Waals surface area (Å²) >= 11 is 0. The van der Waals surface area contributed by atoms with Crippen LogP contribution in [-0.2, 0) is 11.3 Å². The first-order valence-electron chi connectivity index (χ1n) is 5.56. The van der Waals surface area contributed by atoms with Crippen molar-refractivity contribution >= 4 is 0 Å². The zero-order chi connectivity index (χ0) is 11.5. The molecule has 0 unspecified atom stereocenters. The monoisotopic (exact) mass is 216 g/mol. The third-order valence-corrected chi connectivity index (χ3v) is 3.08. The summed E-state index contributed by atoms with van der Waals surface area (Å²) < 4.78 is 5.73. The molecule has 1 saturated carbocycles. The van der Waals surface area contributed by atoms with Gasteiger partial charge in [-0.05, 0) is 43.0 Å². The summed E-state index contributed by atoms with van der Waals surface area (Å²) in [6, 6.07) is 8.15. The molecule has 0 aliphatic heterocycles. The van der Waals surface area contributed by atoms with E-state index in [1.54, 1.807) is 0 Å². The summed E-state index contributed by atoms with van der Waals surface area (Å²) in [5, 5.41) is 8.75. The van der Waals surface area contributed by atoms with E-state index >= 15 is 0 Å². The molecule has 3 nitrogen and oxygen atoms in total. The van der Waals surface area contributed by atoms with Gasteiger partial charge >= 0.3 is 0 Å². The second-order valence-corrected chi connectivity index (χ2v) is 4.42. The van der Waals surface area contributed by atoms with Crippen LogP contribution in [-0.4, -0.2) is 12.1 Å². The average Bonchev–Trinajstić information content (AvgIpc) is 2.24. The van der Waals surface area contributed by atoms with E-state index in [-0.39, 0.29) is 0 Å². The Morgan fingerprint density at radius 2 is 2.25 bits per heavy atom. The predicted molar refractivity (Wildman–Crippen MR) is 61.7 cm³/mol. The lowest BCUT2D eigenvalue weighted by atomic mass is 9.90. The molecule has 0 spiro atoms. The number of hydrogen-bond donors (Lipinski definition) is 1. The van der Waals surface area contributed by atoms with Crippen molar-refractivity contribution in [2.75, 3.05) is 0 Å². The predicted octanol–water partition coefficient (Wildman–Crippen LogP) is 1.87. The first-order chi connectivity index (χ1) is 7.69. The van der Waals surface area contributed by atoms with Crippen LogP contribution in [0, 0.1) is 18.3 Å². The maximum atomic E-state index is 8.75. The zero-order valence-electron chi connectivity index (χ0n) is 9.44. The first-order valence-corrected chi connectivity index (χ1v) is 5.56. The fourth-order valence-electron chi connectivity index (χ4n) is 1.88. The molecule has 2 rings (SSSR count). The van der Waals surface area contributed by atoms with Crippen LogP contribution in [0.5, 0.6) is 0 Å². The van der Waals surface area contributed by atoms with E-state index in [1.807, 2.05) is 25.1 Å². The van der Waals surface area contributed by atoms with E-state index in [2.05, 4.69) is 6.07 Å². The molecular formula is C13H16N2O. The van der Waals surface area contributed by atoms with Gasteiger partial charge in [-0.1, -0.05) is 6.07 Å². The Morgan fingerprint density at radius 3 is 2.81 bits per heavy atom. The standard InChI is InChI=1S/C13H16N2O/c1-9-4-10(7-14)2-3-11(9)8-16-13-5-12(15)6-13/h2-4,12-13H,5-6,8,15H2,1H3. The number of aryl methyl sites for hydroxylation is 1. The minimum absolute atomic E-state index is 0.324. The van der Waals surface area contributed by atoms with E-state index in [0.29, 0.717) is 24.3 Å². The molecule has 2 N–H and O–H groups in total. The quantitative estimate of drug-likeness (QED) is 0.839. The Hall–Kier alpha value is -1.37. The maximum Gasteiger partial charge on any atom is 0.0991 e. The molecule has 3 heteroatoms. The highest BCUT2D eigenvalue weighted by molar-refractivity contribution is 5.37. The molecular weight excluding hydrogens is 200 g/mol. The molecule has 0 radical (unpaired) electrons. The van der Waals surface area contributed by atoms with Crippen molar-refractivity contribution < 1.29 is 4.74 Å². The van der Waals surface area contributed by atoms with Gasteiger partial charge in [-0.2, -0.15) is 5.26 Å². The summed E-state index contributed by atoms with van der Waals surface area (Å²) in [6.07, 6.45) is 2.26. The molecule has 0 saturated heterocycles. The summed E-state index contributed by atoms with van der Waals surface area (Å²) in [5.41, 5.74) is 8.66. The minimum atomic E-state index is 0.324. The van der Waals surface area contributed by atoms with Crippen LogP contribution < -0.4 is 5.73 Å². The summed E-state index contributed by atoms with van der Waals surface area (Å²) in [4.78, 5) is 0. The van der Waals surface area contributed by atoms with E-state index in [9.17, 15) is 0 Å². The molecule has 1 fully saturated rings. The molecule has 1 aromatic rings. The molecule has 1 aliphatic rings. The summed E-state index contributed by atoms with van der Waals surface area (Å²) in [5.74, 6) is 0. The molecule has 84 valence electrons. The SMILES string of the molecule is Cc1cc(C#N)ccc1COC1CC(N)C1. The van der Waals surface area contributed by atoms with Crippen LogP contribution in [0.3, 0.4) is 0 Å². The Morgan fingerprint density at radius 1 is 1.50 bits per heavy atom. The van der Waals surface area contributed by atoms with Gasteiger partial charge in [0.1, 0.15) is 0 Å². The largest absolute Gasteiger partial charge is 0.373 e. The van der Waals surface area contributed by atoms with E-state index in [1.165, 1.54) is 0 Å². The number of ether oxygens (including phenoxy) is 1. The zero-order valence-corrected chi connectivity index (χ0v) is 9.44. The Balaban J connectivity index is 1.92. The van der Waals surface area contributed by atoms with Crippen LogP contribution >= 0.6 is 0 Å². The van der Waals surface area contributed by atoms with Crippen molar-refractivity contribution in [3.05, 3.63) is 34.9 Å². The van der Waals surface area contributed by atoms with Crippen molar-refractivity contribution in [3.8, 4) is 6.07 Å². The third-order valence-electron chi connectivity index (χ3n) is 3.08. The lowest BCUT2D eigenvalue weighted by Crippen LogP contribution is -2.41. The van der Waals surface area contributed by atoms with Gasteiger partial charge in [-0.15, -0.1) is 0 Å². The van der Waals surface area contributed by atoms with Crippen LogP contribution in [0.4, 0.5) is 0 Å². The number of nitrogens with two attached hydrogens (primary N) is 1. The van der Waals surface area contributed by atoms with E-state index in [4.69, 9.17) is 15.7 Å². The lowest BCUT2D eigenvalue weighted by molar-refractivity contribution is -0.0190. The van der Waals surface area contributed by atoms with Gasteiger partial charge in [0, 0.05) is 6.04 Å². The molecule has 1 aromatic carbocycles. The Bertz CT molecular complexity index is 416. The van der Waals surface area contributed by atoms with E-state index < -0.39 is 0 Å². The smallest absolute Gasteiger partial charge is 0.0991 e.